The monoisotopic (exact) mass is 346 g/mol. The second-order valence-electron chi connectivity index (χ2n) is 6.23. The lowest BCUT2D eigenvalue weighted by atomic mass is 10.2. The average Bonchev–Trinajstić information content (AvgIpc) is 3.00. The number of carbonyl (C=O) groups is 1. The highest BCUT2D eigenvalue weighted by Gasteiger charge is 2.21. The zero-order valence-corrected chi connectivity index (χ0v) is 14.7. The molecule has 2 heterocycles. The third-order valence-electron chi connectivity index (χ3n) is 4.51. The van der Waals surface area contributed by atoms with Crippen LogP contribution in [0.15, 0.2) is 36.5 Å². The fraction of sp³-hybridized carbons (Fsp3) is 0.444. The van der Waals surface area contributed by atoms with E-state index in [4.69, 9.17) is 11.6 Å². The minimum Gasteiger partial charge on any atom is -0.340 e. The van der Waals surface area contributed by atoms with E-state index in [0.717, 1.165) is 43.4 Å². The van der Waals surface area contributed by atoms with Gasteiger partial charge in [-0.3, -0.25) is 14.4 Å². The van der Waals surface area contributed by atoms with E-state index in [1.54, 1.807) is 6.20 Å². The van der Waals surface area contributed by atoms with Gasteiger partial charge in [0.1, 0.15) is 0 Å². The molecule has 2 aromatic rings. The highest BCUT2D eigenvalue weighted by Crippen LogP contribution is 2.13. The second kappa shape index (κ2) is 7.81. The number of aryl methyl sites for hydroxylation is 2. The second-order valence-corrected chi connectivity index (χ2v) is 6.67. The Balaban J connectivity index is 1.43. The Kier molecular flexibility index (Phi) is 5.53. The summed E-state index contributed by atoms with van der Waals surface area (Å²) in [5.41, 5.74) is 2.35. The molecule has 0 atom stereocenters. The van der Waals surface area contributed by atoms with Crippen molar-refractivity contribution in [1.29, 1.82) is 0 Å². The van der Waals surface area contributed by atoms with Gasteiger partial charge in [-0.25, -0.2) is 0 Å². The van der Waals surface area contributed by atoms with E-state index in [0.29, 0.717) is 13.0 Å². The number of rotatable bonds is 5. The largest absolute Gasteiger partial charge is 0.340 e. The molecule has 1 fully saturated rings. The summed E-state index contributed by atoms with van der Waals surface area (Å²) in [5.74, 6) is 0.219. The molecule has 0 saturated carbocycles. The fourth-order valence-electron chi connectivity index (χ4n) is 3.00. The van der Waals surface area contributed by atoms with Crippen molar-refractivity contribution in [3.05, 3.63) is 52.8 Å². The van der Waals surface area contributed by atoms with Crippen molar-refractivity contribution in [1.82, 2.24) is 19.6 Å². The van der Waals surface area contributed by atoms with E-state index in [1.807, 2.05) is 34.7 Å². The van der Waals surface area contributed by atoms with Crippen molar-refractivity contribution in [2.75, 3.05) is 26.2 Å². The molecule has 0 spiro atoms. The molecule has 1 aliphatic heterocycles. The molecular weight excluding hydrogens is 324 g/mol. The summed E-state index contributed by atoms with van der Waals surface area (Å²) < 4.78 is 1.88. The smallest absolute Gasteiger partial charge is 0.224 e. The lowest BCUT2D eigenvalue weighted by Gasteiger charge is -2.34. The summed E-state index contributed by atoms with van der Waals surface area (Å²) in [6, 6.07) is 9.93. The van der Waals surface area contributed by atoms with Crippen LogP contribution in [0.25, 0.3) is 0 Å². The van der Waals surface area contributed by atoms with Crippen molar-refractivity contribution in [3.63, 3.8) is 0 Å². The maximum atomic E-state index is 12.4. The Morgan fingerprint density at radius 1 is 1.12 bits per heavy atom. The van der Waals surface area contributed by atoms with Crippen molar-refractivity contribution < 1.29 is 4.79 Å². The van der Waals surface area contributed by atoms with Crippen LogP contribution < -0.4 is 0 Å². The number of amides is 1. The molecule has 1 saturated heterocycles. The highest BCUT2D eigenvalue weighted by atomic mass is 35.5. The predicted octanol–water partition coefficient (Wildman–Crippen LogP) is 2.58. The third kappa shape index (κ3) is 4.36. The van der Waals surface area contributed by atoms with Gasteiger partial charge in [-0.15, -0.1) is 0 Å². The summed E-state index contributed by atoms with van der Waals surface area (Å²) in [5, 5.41) is 4.99. The van der Waals surface area contributed by atoms with Gasteiger partial charge in [-0.05, 0) is 30.7 Å². The first-order chi connectivity index (χ1) is 11.6. The molecule has 1 aromatic heterocycles. The summed E-state index contributed by atoms with van der Waals surface area (Å²) >= 11 is 5.92. The minimum absolute atomic E-state index is 0.219. The molecule has 5 nitrogen and oxygen atoms in total. The molecule has 0 bridgehead atoms. The molecule has 0 aliphatic carbocycles. The number of hydrogen-bond acceptors (Lipinski definition) is 3. The van der Waals surface area contributed by atoms with Crippen LogP contribution in [-0.2, 0) is 17.9 Å². The summed E-state index contributed by atoms with van der Waals surface area (Å²) in [7, 11) is 0. The SMILES string of the molecule is Cc1ccnn1CCC(=O)N1CCN(Cc2ccc(Cl)cc2)CC1. The highest BCUT2D eigenvalue weighted by molar-refractivity contribution is 6.30. The van der Waals surface area contributed by atoms with Crippen molar-refractivity contribution in [2.24, 2.45) is 0 Å². The number of carbonyl (C=O) groups excluding carboxylic acids is 1. The van der Waals surface area contributed by atoms with E-state index in [9.17, 15) is 4.79 Å². The molecule has 6 heteroatoms. The molecule has 1 amide bonds. The van der Waals surface area contributed by atoms with Crippen LogP contribution in [0.3, 0.4) is 0 Å². The zero-order chi connectivity index (χ0) is 16.9. The molecule has 1 aromatic carbocycles. The lowest BCUT2D eigenvalue weighted by molar-refractivity contribution is -0.133. The quantitative estimate of drug-likeness (QED) is 0.835. The molecule has 0 radical (unpaired) electrons. The van der Waals surface area contributed by atoms with Crippen molar-refractivity contribution in [2.45, 2.75) is 26.4 Å². The van der Waals surface area contributed by atoms with E-state index in [-0.39, 0.29) is 5.91 Å². The van der Waals surface area contributed by atoms with Gasteiger partial charge in [-0.1, -0.05) is 23.7 Å². The molecule has 0 unspecified atom stereocenters. The zero-order valence-electron chi connectivity index (χ0n) is 14.0. The molecule has 0 N–H and O–H groups in total. The Labute approximate surface area is 147 Å². The molecular formula is C18H23ClN4O. The number of halogens is 1. The maximum Gasteiger partial charge on any atom is 0.224 e. The van der Waals surface area contributed by atoms with Crippen LogP contribution in [0.4, 0.5) is 0 Å². The number of piperazine rings is 1. The Morgan fingerprint density at radius 2 is 1.83 bits per heavy atom. The van der Waals surface area contributed by atoms with Gasteiger partial charge in [0.2, 0.25) is 5.91 Å². The number of nitrogens with zero attached hydrogens (tertiary/aromatic N) is 4. The van der Waals surface area contributed by atoms with Gasteiger partial charge in [0, 0.05) is 62.6 Å². The van der Waals surface area contributed by atoms with Gasteiger partial charge in [0.25, 0.3) is 0 Å². The van der Waals surface area contributed by atoms with Crippen LogP contribution in [0, 0.1) is 6.92 Å². The average molecular weight is 347 g/mol. The summed E-state index contributed by atoms with van der Waals surface area (Å²) in [6.07, 6.45) is 2.29. The lowest BCUT2D eigenvalue weighted by Crippen LogP contribution is -2.48. The first-order valence-corrected chi connectivity index (χ1v) is 8.72. The van der Waals surface area contributed by atoms with Gasteiger partial charge in [-0.2, -0.15) is 5.10 Å². The Hall–Kier alpha value is -1.85. The third-order valence-corrected chi connectivity index (χ3v) is 4.76. The van der Waals surface area contributed by atoms with Gasteiger partial charge < -0.3 is 4.90 Å². The van der Waals surface area contributed by atoms with Crippen LogP contribution in [0.1, 0.15) is 17.7 Å². The topological polar surface area (TPSA) is 41.4 Å². The first kappa shape index (κ1) is 17.0. The van der Waals surface area contributed by atoms with Crippen LogP contribution in [0.2, 0.25) is 5.02 Å². The summed E-state index contributed by atoms with van der Waals surface area (Å²) in [6.45, 7) is 6.99. The van der Waals surface area contributed by atoms with E-state index >= 15 is 0 Å². The number of benzene rings is 1. The van der Waals surface area contributed by atoms with Crippen LogP contribution >= 0.6 is 11.6 Å². The normalized spacial score (nSPS) is 15.7. The van der Waals surface area contributed by atoms with E-state index in [1.165, 1.54) is 5.56 Å². The number of hydrogen-bond donors (Lipinski definition) is 0. The van der Waals surface area contributed by atoms with Gasteiger partial charge in [0.15, 0.2) is 0 Å². The van der Waals surface area contributed by atoms with E-state index < -0.39 is 0 Å². The minimum atomic E-state index is 0.219. The standard InChI is InChI=1S/C18H23ClN4O/c1-15-6-8-20-23(15)9-7-18(24)22-12-10-21(11-13-22)14-16-2-4-17(19)5-3-16/h2-6,8H,7,9-14H2,1H3. The van der Waals surface area contributed by atoms with E-state index in [2.05, 4.69) is 22.1 Å². The van der Waals surface area contributed by atoms with Crippen LogP contribution in [-0.4, -0.2) is 51.7 Å². The molecule has 1 aliphatic rings. The molecule has 24 heavy (non-hydrogen) atoms. The molecule has 3 rings (SSSR count). The predicted molar refractivity (Wildman–Crippen MR) is 94.9 cm³/mol. The molecule has 128 valence electrons. The van der Waals surface area contributed by atoms with Gasteiger partial charge >= 0.3 is 0 Å². The fourth-order valence-corrected chi connectivity index (χ4v) is 3.12. The first-order valence-electron chi connectivity index (χ1n) is 8.35. The Morgan fingerprint density at radius 3 is 2.46 bits per heavy atom. The van der Waals surface area contributed by atoms with Crippen molar-refractivity contribution in [3.8, 4) is 0 Å². The maximum absolute atomic E-state index is 12.4. The number of aromatic nitrogens is 2. The summed E-state index contributed by atoms with van der Waals surface area (Å²) in [4.78, 5) is 16.7. The Bertz CT molecular complexity index is 675. The van der Waals surface area contributed by atoms with Crippen molar-refractivity contribution >= 4 is 17.5 Å². The van der Waals surface area contributed by atoms with Crippen LogP contribution in [0.5, 0.6) is 0 Å². The van der Waals surface area contributed by atoms with Gasteiger partial charge in [0.05, 0.1) is 0 Å².